The molecule has 2 atom stereocenters. The molecule has 0 radical (unpaired) electrons. The summed E-state index contributed by atoms with van der Waals surface area (Å²) in [5, 5.41) is 14.7. The van der Waals surface area contributed by atoms with Gasteiger partial charge in [-0.15, -0.1) is 10.2 Å². The normalized spacial score (nSPS) is 21.3. The first-order valence-electron chi connectivity index (χ1n) is 12.4. The summed E-state index contributed by atoms with van der Waals surface area (Å²) in [6, 6.07) is 3.51. The van der Waals surface area contributed by atoms with Crippen molar-refractivity contribution >= 4 is 22.5 Å². The molecule has 1 N–H and O–H groups in total. The van der Waals surface area contributed by atoms with Crippen LogP contribution in [0.3, 0.4) is 0 Å². The molecule has 0 bridgehead atoms. The van der Waals surface area contributed by atoms with Crippen molar-refractivity contribution in [3.63, 3.8) is 0 Å². The lowest BCUT2D eigenvalue weighted by molar-refractivity contribution is -0.164. The number of benzene rings is 1. The first-order valence-corrected chi connectivity index (χ1v) is 12.4. The predicted octanol–water partition coefficient (Wildman–Crippen LogP) is 3.79. The SMILES string of the molecule is COc1nc(N[C@@H]2CCN(C3COC3)CC2(F)F)nn2ccc(-c3ccc4nnn([C@H](C)C(F)(F)F)c4c3)c12. The summed E-state index contributed by atoms with van der Waals surface area (Å²) in [7, 11) is 1.39. The van der Waals surface area contributed by atoms with E-state index < -0.39 is 24.2 Å². The Kier molecular flexibility index (Phi) is 6.10. The number of anilines is 1. The molecule has 0 unspecified atom stereocenters. The molecule has 39 heavy (non-hydrogen) atoms. The molecule has 3 aromatic heterocycles. The summed E-state index contributed by atoms with van der Waals surface area (Å²) in [4.78, 5) is 6.09. The zero-order valence-corrected chi connectivity index (χ0v) is 21.0. The van der Waals surface area contributed by atoms with Gasteiger partial charge in [0.25, 0.3) is 5.92 Å². The average molecular weight is 553 g/mol. The van der Waals surface area contributed by atoms with Crippen molar-refractivity contribution < 1.29 is 31.4 Å². The predicted molar refractivity (Wildman–Crippen MR) is 130 cm³/mol. The minimum absolute atomic E-state index is 0.0214. The van der Waals surface area contributed by atoms with E-state index in [1.54, 1.807) is 35.4 Å². The van der Waals surface area contributed by atoms with E-state index in [1.165, 1.54) is 11.6 Å². The van der Waals surface area contributed by atoms with Crippen molar-refractivity contribution in [2.75, 3.05) is 38.7 Å². The second-order valence-corrected chi connectivity index (χ2v) is 9.83. The van der Waals surface area contributed by atoms with Gasteiger partial charge in [-0.2, -0.15) is 18.2 Å². The molecule has 15 heteroatoms. The van der Waals surface area contributed by atoms with Gasteiger partial charge < -0.3 is 14.8 Å². The molecule has 2 aliphatic rings. The Hall–Kier alpha value is -3.59. The molecule has 0 spiro atoms. The number of hydrogen-bond donors (Lipinski definition) is 1. The maximum Gasteiger partial charge on any atom is 0.410 e. The molecule has 2 aliphatic heterocycles. The van der Waals surface area contributed by atoms with Crippen LogP contribution in [0.1, 0.15) is 19.4 Å². The number of halogens is 5. The van der Waals surface area contributed by atoms with E-state index in [2.05, 4.69) is 25.7 Å². The monoisotopic (exact) mass is 552 g/mol. The van der Waals surface area contributed by atoms with Crippen molar-refractivity contribution in [2.24, 2.45) is 0 Å². The number of piperidine rings is 1. The second kappa shape index (κ2) is 9.26. The molecule has 5 heterocycles. The van der Waals surface area contributed by atoms with E-state index in [0.29, 0.717) is 41.9 Å². The summed E-state index contributed by atoms with van der Waals surface area (Å²) < 4.78 is 83.0. The third-order valence-electron chi connectivity index (χ3n) is 7.36. The summed E-state index contributed by atoms with van der Waals surface area (Å²) in [5.74, 6) is -2.92. The maximum absolute atomic E-state index is 15.0. The number of aromatic nitrogens is 6. The maximum atomic E-state index is 15.0. The fourth-order valence-electron chi connectivity index (χ4n) is 5.00. The Morgan fingerprint density at radius 2 is 2.00 bits per heavy atom. The molecular formula is C24H25F5N8O2. The van der Waals surface area contributed by atoms with Gasteiger partial charge in [0.05, 0.1) is 44.5 Å². The zero-order chi connectivity index (χ0) is 27.5. The quantitative estimate of drug-likeness (QED) is 0.361. The number of nitrogens with one attached hydrogen (secondary N) is 1. The largest absolute Gasteiger partial charge is 0.479 e. The highest BCUT2D eigenvalue weighted by atomic mass is 19.4. The van der Waals surface area contributed by atoms with Gasteiger partial charge in [-0.3, -0.25) is 4.90 Å². The van der Waals surface area contributed by atoms with Crippen molar-refractivity contribution in [3.8, 4) is 17.0 Å². The van der Waals surface area contributed by atoms with E-state index in [4.69, 9.17) is 9.47 Å². The van der Waals surface area contributed by atoms with Crippen LogP contribution in [0.5, 0.6) is 5.88 Å². The number of likely N-dealkylation sites (tertiary alicyclic amines) is 1. The summed E-state index contributed by atoms with van der Waals surface area (Å²) in [6.45, 7) is 2.05. The van der Waals surface area contributed by atoms with Gasteiger partial charge >= 0.3 is 6.18 Å². The lowest BCUT2D eigenvalue weighted by Gasteiger charge is -2.44. The Bertz CT molecular complexity index is 1520. The van der Waals surface area contributed by atoms with Gasteiger partial charge in [0.2, 0.25) is 11.8 Å². The highest BCUT2D eigenvalue weighted by molar-refractivity contribution is 5.89. The molecule has 6 rings (SSSR count). The summed E-state index contributed by atoms with van der Waals surface area (Å²) >= 11 is 0. The number of methoxy groups -OCH3 is 1. The van der Waals surface area contributed by atoms with Gasteiger partial charge in [0.1, 0.15) is 17.1 Å². The van der Waals surface area contributed by atoms with Crippen LogP contribution in [0.15, 0.2) is 30.5 Å². The Morgan fingerprint density at radius 3 is 2.67 bits per heavy atom. The number of rotatable bonds is 6. The number of ether oxygens (including phenoxy) is 2. The zero-order valence-electron chi connectivity index (χ0n) is 21.0. The van der Waals surface area contributed by atoms with Crippen LogP contribution >= 0.6 is 0 Å². The first-order chi connectivity index (χ1) is 18.5. The molecule has 0 amide bonds. The lowest BCUT2D eigenvalue weighted by Crippen LogP contribution is -2.61. The number of fused-ring (bicyclic) bond motifs is 2. The van der Waals surface area contributed by atoms with Gasteiger partial charge in [-0.05, 0) is 37.1 Å². The van der Waals surface area contributed by atoms with Gasteiger partial charge in [0.15, 0.2) is 0 Å². The first kappa shape index (κ1) is 25.7. The summed E-state index contributed by atoms with van der Waals surface area (Å²) in [5.41, 5.74) is 2.08. The fraction of sp³-hybridized carbons (Fsp3) is 0.500. The minimum Gasteiger partial charge on any atom is -0.479 e. The lowest BCUT2D eigenvalue weighted by atomic mass is 9.98. The molecule has 10 nitrogen and oxygen atoms in total. The molecule has 4 aromatic rings. The summed E-state index contributed by atoms with van der Waals surface area (Å²) in [6.07, 6.45) is -2.70. The van der Waals surface area contributed by atoms with Crippen molar-refractivity contribution in [3.05, 3.63) is 30.5 Å². The number of alkyl halides is 5. The van der Waals surface area contributed by atoms with Crippen LogP contribution < -0.4 is 10.1 Å². The van der Waals surface area contributed by atoms with Crippen LogP contribution in [0.25, 0.3) is 27.7 Å². The van der Waals surface area contributed by atoms with Crippen LogP contribution in [0, 0.1) is 0 Å². The second-order valence-electron chi connectivity index (χ2n) is 9.83. The fourth-order valence-corrected chi connectivity index (χ4v) is 5.00. The minimum atomic E-state index is -4.50. The average Bonchev–Trinajstić information content (AvgIpc) is 3.46. The molecule has 2 saturated heterocycles. The van der Waals surface area contributed by atoms with Crippen molar-refractivity contribution in [1.29, 1.82) is 0 Å². The molecule has 0 saturated carbocycles. The van der Waals surface area contributed by atoms with Crippen LogP contribution in [-0.4, -0.2) is 92.1 Å². The van der Waals surface area contributed by atoms with Crippen LogP contribution in [0.4, 0.5) is 27.9 Å². The van der Waals surface area contributed by atoms with Gasteiger partial charge in [-0.1, -0.05) is 11.3 Å². The van der Waals surface area contributed by atoms with Crippen molar-refractivity contribution in [1.82, 2.24) is 34.5 Å². The Morgan fingerprint density at radius 1 is 1.21 bits per heavy atom. The standard InChI is InChI=1S/C24H25F5N8O2/c1-13(24(27,28)29)37-18-9-14(3-4-17(18)32-34-37)16-5-8-36-20(16)21(38-2)31-22(33-36)30-19-6-7-35(12-23(19,25)26)15-10-39-11-15/h3-5,8-9,13,15,19H,6-7,10-12H2,1-2H3,(H,30,33)/t13-,19-/m1/s1. The molecule has 2 fully saturated rings. The van der Waals surface area contributed by atoms with Crippen molar-refractivity contribution in [2.45, 2.75) is 43.6 Å². The third-order valence-corrected chi connectivity index (χ3v) is 7.36. The van der Waals surface area contributed by atoms with Gasteiger partial charge in [0, 0.05) is 18.3 Å². The highest BCUT2D eigenvalue weighted by Crippen LogP contribution is 2.36. The highest BCUT2D eigenvalue weighted by Gasteiger charge is 2.47. The molecule has 1 aromatic carbocycles. The smallest absolute Gasteiger partial charge is 0.410 e. The molecule has 208 valence electrons. The van der Waals surface area contributed by atoms with Crippen LogP contribution in [-0.2, 0) is 4.74 Å². The Labute approximate surface area is 218 Å². The Balaban J connectivity index is 1.31. The van der Waals surface area contributed by atoms with Crippen LogP contribution in [0.2, 0.25) is 0 Å². The van der Waals surface area contributed by atoms with E-state index in [0.717, 1.165) is 11.6 Å². The van der Waals surface area contributed by atoms with E-state index in [9.17, 15) is 22.0 Å². The number of hydrogen-bond acceptors (Lipinski definition) is 8. The van der Waals surface area contributed by atoms with E-state index >= 15 is 0 Å². The van der Waals surface area contributed by atoms with E-state index in [-0.39, 0.29) is 36.4 Å². The number of nitrogens with zero attached hydrogens (tertiary/aromatic N) is 7. The topological polar surface area (TPSA) is 94.6 Å². The third kappa shape index (κ3) is 4.52. The van der Waals surface area contributed by atoms with Gasteiger partial charge in [-0.25, -0.2) is 18.0 Å². The van der Waals surface area contributed by atoms with E-state index in [1.807, 2.05) is 0 Å². The molecule has 0 aliphatic carbocycles. The molecular weight excluding hydrogens is 527 g/mol.